The summed E-state index contributed by atoms with van der Waals surface area (Å²) < 4.78 is 2.05. The van der Waals surface area contributed by atoms with Gasteiger partial charge in [-0.2, -0.15) is 0 Å². The second-order valence-electron chi connectivity index (χ2n) is 7.03. The van der Waals surface area contributed by atoms with Crippen molar-refractivity contribution in [3.8, 4) is 0 Å². The number of ketones is 1. The van der Waals surface area contributed by atoms with Crippen LogP contribution in [-0.2, 0) is 17.8 Å². The second-order valence-corrected chi connectivity index (χ2v) is 7.97. The van der Waals surface area contributed by atoms with Gasteiger partial charge in [0.25, 0.3) is 0 Å². The number of nitrogens with zero attached hydrogens (tertiary/aromatic N) is 3. The molecule has 29 heavy (non-hydrogen) atoms. The maximum atomic E-state index is 12.7. The fourth-order valence-electron chi connectivity index (χ4n) is 3.46. The predicted molar refractivity (Wildman–Crippen MR) is 113 cm³/mol. The standard InChI is InChI=1S/C22H22N4O2S/c1-3-26-20(11-15-7-5-4-6-8-15)24-25-22(26)29-13-19(27)16-9-10-18-17(12-16)14(2)21(28)23-18/h4-10,12,14H,3,11,13H2,1-2H3,(H,23,28)/t14-/m1/s1. The summed E-state index contributed by atoms with van der Waals surface area (Å²) in [4.78, 5) is 24.5. The van der Waals surface area contributed by atoms with Crippen molar-refractivity contribution in [1.82, 2.24) is 14.8 Å². The third-order valence-electron chi connectivity index (χ3n) is 5.14. The number of hydrogen-bond donors (Lipinski definition) is 1. The van der Waals surface area contributed by atoms with Crippen LogP contribution in [0.15, 0.2) is 53.7 Å². The summed E-state index contributed by atoms with van der Waals surface area (Å²) in [6.07, 6.45) is 0.708. The van der Waals surface area contributed by atoms with Gasteiger partial charge in [0.2, 0.25) is 5.91 Å². The summed E-state index contributed by atoms with van der Waals surface area (Å²) in [6.45, 7) is 4.65. The minimum absolute atomic E-state index is 0.0135. The molecular weight excluding hydrogens is 384 g/mol. The smallest absolute Gasteiger partial charge is 0.231 e. The van der Waals surface area contributed by atoms with Gasteiger partial charge in [-0.25, -0.2) is 0 Å². The molecule has 1 amide bonds. The Kier molecular flexibility index (Phi) is 5.49. The van der Waals surface area contributed by atoms with Crippen molar-refractivity contribution in [1.29, 1.82) is 0 Å². The first-order valence-corrected chi connectivity index (χ1v) is 10.6. The summed E-state index contributed by atoms with van der Waals surface area (Å²) in [5.41, 5.74) is 3.47. The minimum Gasteiger partial charge on any atom is -0.325 e. The van der Waals surface area contributed by atoms with Gasteiger partial charge in [0.1, 0.15) is 5.82 Å². The molecule has 0 aliphatic carbocycles. The Morgan fingerprint density at radius 3 is 2.72 bits per heavy atom. The van der Waals surface area contributed by atoms with Gasteiger partial charge in [0.05, 0.1) is 11.7 Å². The maximum absolute atomic E-state index is 12.7. The monoisotopic (exact) mass is 406 g/mol. The largest absolute Gasteiger partial charge is 0.325 e. The zero-order valence-corrected chi connectivity index (χ0v) is 17.2. The highest BCUT2D eigenvalue weighted by Crippen LogP contribution is 2.33. The average molecular weight is 407 g/mol. The quantitative estimate of drug-likeness (QED) is 0.475. The van der Waals surface area contributed by atoms with Crippen molar-refractivity contribution in [3.05, 3.63) is 71.0 Å². The highest BCUT2D eigenvalue weighted by atomic mass is 32.2. The number of hydrogen-bond acceptors (Lipinski definition) is 5. The van der Waals surface area contributed by atoms with Crippen LogP contribution in [0.1, 0.15) is 47.1 Å². The lowest BCUT2D eigenvalue weighted by Gasteiger charge is -2.08. The van der Waals surface area contributed by atoms with Gasteiger partial charge >= 0.3 is 0 Å². The molecule has 0 radical (unpaired) electrons. The SMILES string of the molecule is CCn1c(Cc2ccccc2)nnc1SCC(=O)c1ccc2c(c1)[C@@H](C)C(=O)N2. The Labute approximate surface area is 173 Å². The number of anilines is 1. The van der Waals surface area contributed by atoms with E-state index in [4.69, 9.17) is 0 Å². The lowest BCUT2D eigenvalue weighted by Crippen LogP contribution is -2.08. The first kappa shape index (κ1) is 19.4. The molecule has 148 valence electrons. The van der Waals surface area contributed by atoms with Crippen molar-refractivity contribution in [2.75, 3.05) is 11.1 Å². The fraction of sp³-hybridized carbons (Fsp3) is 0.273. The lowest BCUT2D eigenvalue weighted by molar-refractivity contribution is -0.116. The molecule has 0 saturated carbocycles. The molecule has 7 heteroatoms. The number of thioether (sulfide) groups is 1. The molecular formula is C22H22N4O2S. The number of amides is 1. The summed E-state index contributed by atoms with van der Waals surface area (Å²) in [5.74, 6) is 0.928. The van der Waals surface area contributed by atoms with Gasteiger partial charge in [-0.3, -0.25) is 9.59 Å². The molecule has 0 fully saturated rings. The molecule has 1 aromatic heterocycles. The average Bonchev–Trinajstić information content (AvgIpc) is 3.26. The minimum atomic E-state index is -0.228. The van der Waals surface area contributed by atoms with Crippen LogP contribution < -0.4 is 5.32 Å². The molecule has 1 aliphatic heterocycles. The molecule has 0 spiro atoms. The molecule has 3 aromatic rings. The Morgan fingerprint density at radius 1 is 1.17 bits per heavy atom. The zero-order chi connectivity index (χ0) is 20.4. The highest BCUT2D eigenvalue weighted by molar-refractivity contribution is 7.99. The molecule has 2 aromatic carbocycles. The lowest BCUT2D eigenvalue weighted by atomic mass is 9.99. The van der Waals surface area contributed by atoms with E-state index in [-0.39, 0.29) is 23.4 Å². The summed E-state index contributed by atoms with van der Waals surface area (Å²) >= 11 is 1.40. The first-order chi connectivity index (χ1) is 14.1. The fourth-order valence-corrected chi connectivity index (χ4v) is 4.37. The van der Waals surface area contributed by atoms with Crippen molar-refractivity contribution in [3.63, 3.8) is 0 Å². The Bertz CT molecular complexity index is 1060. The Morgan fingerprint density at radius 2 is 1.97 bits per heavy atom. The van der Waals surface area contributed by atoms with Crippen molar-refractivity contribution in [2.45, 2.75) is 37.9 Å². The van der Waals surface area contributed by atoms with Crippen LogP contribution in [-0.4, -0.2) is 32.2 Å². The zero-order valence-electron chi connectivity index (χ0n) is 16.4. The number of fused-ring (bicyclic) bond motifs is 1. The van der Waals surface area contributed by atoms with Crippen LogP contribution in [0.25, 0.3) is 0 Å². The van der Waals surface area contributed by atoms with Crippen LogP contribution in [0.3, 0.4) is 0 Å². The number of carbonyl (C=O) groups is 2. The van der Waals surface area contributed by atoms with Gasteiger partial charge in [0.15, 0.2) is 10.9 Å². The molecule has 1 N–H and O–H groups in total. The number of benzene rings is 2. The van der Waals surface area contributed by atoms with Crippen LogP contribution in [0.2, 0.25) is 0 Å². The second kappa shape index (κ2) is 8.21. The Hall–Kier alpha value is -2.93. The van der Waals surface area contributed by atoms with E-state index < -0.39 is 0 Å². The molecule has 0 unspecified atom stereocenters. The van der Waals surface area contributed by atoms with Gasteiger partial charge in [-0.15, -0.1) is 10.2 Å². The summed E-state index contributed by atoms with van der Waals surface area (Å²) in [6, 6.07) is 15.6. The Balaban J connectivity index is 1.45. The van der Waals surface area contributed by atoms with E-state index in [2.05, 4.69) is 39.1 Å². The number of aromatic nitrogens is 3. The summed E-state index contributed by atoms with van der Waals surface area (Å²) in [7, 11) is 0. The van der Waals surface area contributed by atoms with E-state index in [1.165, 1.54) is 17.3 Å². The molecule has 6 nitrogen and oxygen atoms in total. The first-order valence-electron chi connectivity index (χ1n) is 9.63. The van der Waals surface area contributed by atoms with Crippen molar-refractivity contribution < 1.29 is 9.59 Å². The third-order valence-corrected chi connectivity index (χ3v) is 6.11. The van der Waals surface area contributed by atoms with E-state index in [1.807, 2.05) is 31.2 Å². The molecule has 0 bridgehead atoms. The van der Waals surface area contributed by atoms with Gasteiger partial charge in [-0.05, 0) is 43.2 Å². The molecule has 1 aliphatic rings. The third kappa shape index (κ3) is 3.96. The van der Waals surface area contributed by atoms with Crippen LogP contribution in [0, 0.1) is 0 Å². The molecule has 4 rings (SSSR count). The van der Waals surface area contributed by atoms with E-state index >= 15 is 0 Å². The number of Topliss-reactive ketones (excluding diaryl/α,β-unsaturated/α-hetero) is 1. The normalized spacial score (nSPS) is 15.2. The maximum Gasteiger partial charge on any atom is 0.231 e. The van der Waals surface area contributed by atoms with Crippen LogP contribution in [0.5, 0.6) is 0 Å². The highest BCUT2D eigenvalue weighted by Gasteiger charge is 2.27. The molecule has 1 atom stereocenters. The number of rotatable bonds is 7. The molecule has 0 saturated heterocycles. The van der Waals surface area contributed by atoms with E-state index in [0.29, 0.717) is 12.0 Å². The summed E-state index contributed by atoms with van der Waals surface area (Å²) in [5, 5.41) is 12.2. The van der Waals surface area contributed by atoms with E-state index in [1.54, 1.807) is 12.1 Å². The van der Waals surface area contributed by atoms with E-state index in [0.717, 1.165) is 28.8 Å². The number of nitrogens with one attached hydrogen (secondary N) is 1. The van der Waals surface area contributed by atoms with Crippen molar-refractivity contribution in [2.24, 2.45) is 0 Å². The van der Waals surface area contributed by atoms with Gasteiger partial charge in [-0.1, -0.05) is 42.1 Å². The van der Waals surface area contributed by atoms with Crippen LogP contribution in [0.4, 0.5) is 5.69 Å². The number of carbonyl (C=O) groups excluding carboxylic acids is 2. The molecule has 2 heterocycles. The predicted octanol–water partition coefficient (Wildman–Crippen LogP) is 3.92. The van der Waals surface area contributed by atoms with E-state index in [9.17, 15) is 9.59 Å². The van der Waals surface area contributed by atoms with Gasteiger partial charge in [0, 0.05) is 24.2 Å². The topological polar surface area (TPSA) is 76.9 Å². The van der Waals surface area contributed by atoms with Crippen molar-refractivity contribution >= 4 is 29.1 Å². The van der Waals surface area contributed by atoms with Gasteiger partial charge < -0.3 is 9.88 Å². The van der Waals surface area contributed by atoms with Crippen LogP contribution >= 0.6 is 11.8 Å².